The Morgan fingerprint density at radius 1 is 1.38 bits per heavy atom. The van der Waals surface area contributed by atoms with Gasteiger partial charge in [0, 0.05) is 4.47 Å². The number of hydrogen-bond donors (Lipinski definition) is 1. The number of ketones is 1. The van der Waals surface area contributed by atoms with E-state index >= 15 is 0 Å². The molecule has 0 aliphatic heterocycles. The lowest BCUT2D eigenvalue weighted by Crippen LogP contribution is -2.00. The van der Waals surface area contributed by atoms with Crippen LogP contribution in [0.3, 0.4) is 0 Å². The van der Waals surface area contributed by atoms with Crippen LogP contribution in [-0.2, 0) is 4.79 Å². The number of carbonyl (C=O) groups excluding carboxylic acids is 1. The maximum atomic E-state index is 11.2. The van der Waals surface area contributed by atoms with E-state index in [1.165, 1.54) is 0 Å². The van der Waals surface area contributed by atoms with Crippen LogP contribution >= 0.6 is 31.9 Å². The van der Waals surface area contributed by atoms with E-state index in [0.29, 0.717) is 11.9 Å². The van der Waals surface area contributed by atoms with Crippen LogP contribution in [0.15, 0.2) is 50.9 Å². The largest absolute Gasteiger partial charge is 0.513 e. The maximum Gasteiger partial charge on any atom is 0.196 e. The molecule has 0 aromatic heterocycles. The number of allylic oxidation sites excluding steroid dienone is 1. The van der Waals surface area contributed by atoms with Crippen molar-refractivity contribution in [2.45, 2.75) is 0 Å². The molecule has 1 rings (SSSR count). The first-order chi connectivity index (χ1) is 7.67. The summed E-state index contributed by atoms with van der Waals surface area (Å²) in [4.78, 5) is 11.2. The maximum absolute atomic E-state index is 11.2. The van der Waals surface area contributed by atoms with Gasteiger partial charge in [0.1, 0.15) is 6.26 Å². The molecule has 1 aromatic carbocycles. The van der Waals surface area contributed by atoms with Crippen molar-refractivity contribution in [3.63, 3.8) is 0 Å². The number of benzene rings is 1. The molecule has 0 unspecified atom stereocenters. The number of halogens is 2. The van der Waals surface area contributed by atoms with Gasteiger partial charge in [-0.25, -0.2) is 0 Å². The molecule has 84 valence electrons. The molecule has 16 heavy (non-hydrogen) atoms. The van der Waals surface area contributed by atoms with Crippen LogP contribution in [0, 0.1) is 0 Å². The Morgan fingerprint density at radius 3 is 2.50 bits per heavy atom. The molecule has 0 aliphatic rings. The summed E-state index contributed by atoms with van der Waals surface area (Å²) in [5.41, 5.74) is 0.518. The third kappa shape index (κ3) is 3.86. The van der Waals surface area contributed by atoms with Gasteiger partial charge >= 0.3 is 0 Å². The summed E-state index contributed by atoms with van der Waals surface area (Å²) < 4.78 is 0.931. The Labute approximate surface area is 109 Å². The summed E-state index contributed by atoms with van der Waals surface area (Å²) >= 11 is 6.27. The van der Waals surface area contributed by atoms with Gasteiger partial charge in [-0.15, -0.1) is 5.11 Å². The standard InChI is InChI=1S/C10H8Br2N2O2/c11-5-10(16)9(6-15)14-13-8-3-1-7(12)2-4-8/h1-4,6,15H,5H2/b9-6+,14-13?. The summed E-state index contributed by atoms with van der Waals surface area (Å²) in [6.07, 6.45) is 0.645. The fourth-order valence-electron chi connectivity index (χ4n) is 0.841. The molecule has 6 heteroatoms. The Morgan fingerprint density at radius 2 is 2.00 bits per heavy atom. The van der Waals surface area contributed by atoms with E-state index in [-0.39, 0.29) is 16.8 Å². The lowest BCUT2D eigenvalue weighted by atomic mass is 10.3. The first kappa shape index (κ1) is 13.1. The molecule has 0 heterocycles. The van der Waals surface area contributed by atoms with Gasteiger partial charge in [0.05, 0.1) is 11.0 Å². The quantitative estimate of drug-likeness (QED) is 0.388. The van der Waals surface area contributed by atoms with Gasteiger partial charge in [-0.05, 0) is 24.3 Å². The van der Waals surface area contributed by atoms with E-state index < -0.39 is 0 Å². The van der Waals surface area contributed by atoms with Crippen molar-refractivity contribution in [2.75, 3.05) is 5.33 Å². The topological polar surface area (TPSA) is 62.0 Å². The van der Waals surface area contributed by atoms with Crippen molar-refractivity contribution < 1.29 is 9.90 Å². The Hall–Kier alpha value is -1.01. The summed E-state index contributed by atoms with van der Waals surface area (Å²) in [6, 6.07) is 7.09. The van der Waals surface area contributed by atoms with Gasteiger partial charge in [-0.3, -0.25) is 4.79 Å². The monoisotopic (exact) mass is 346 g/mol. The minimum Gasteiger partial charge on any atom is -0.513 e. The highest BCUT2D eigenvalue weighted by Crippen LogP contribution is 2.18. The molecule has 0 atom stereocenters. The zero-order chi connectivity index (χ0) is 12.0. The molecule has 0 saturated carbocycles. The van der Waals surface area contributed by atoms with Crippen molar-refractivity contribution in [1.82, 2.24) is 0 Å². The van der Waals surface area contributed by atoms with Gasteiger partial charge in [0.15, 0.2) is 11.5 Å². The fourth-order valence-corrected chi connectivity index (χ4v) is 1.39. The van der Waals surface area contributed by atoms with Gasteiger partial charge < -0.3 is 5.11 Å². The van der Waals surface area contributed by atoms with Crippen LogP contribution in [0.2, 0.25) is 0 Å². The molecule has 0 saturated heterocycles. The Bertz CT molecular complexity index is 427. The molecule has 4 nitrogen and oxygen atoms in total. The summed E-state index contributed by atoms with van der Waals surface area (Å²) in [7, 11) is 0. The van der Waals surface area contributed by atoms with Crippen LogP contribution in [0.1, 0.15) is 0 Å². The number of nitrogens with zero attached hydrogens (tertiary/aromatic N) is 2. The van der Waals surface area contributed by atoms with Gasteiger partial charge in [0.2, 0.25) is 0 Å². The van der Waals surface area contributed by atoms with Crippen molar-refractivity contribution in [3.05, 3.63) is 40.7 Å². The van der Waals surface area contributed by atoms with E-state index in [2.05, 4.69) is 42.1 Å². The second kappa shape index (κ2) is 6.55. The van der Waals surface area contributed by atoms with Crippen LogP contribution in [-0.4, -0.2) is 16.2 Å². The predicted octanol–water partition coefficient (Wildman–Crippen LogP) is 3.90. The Balaban J connectivity index is 2.80. The molecular weight excluding hydrogens is 340 g/mol. The van der Waals surface area contributed by atoms with Crippen molar-refractivity contribution in [3.8, 4) is 0 Å². The highest BCUT2D eigenvalue weighted by Gasteiger charge is 2.06. The molecule has 1 aromatic rings. The summed E-state index contributed by atoms with van der Waals surface area (Å²) in [6.45, 7) is 0. The first-order valence-electron chi connectivity index (χ1n) is 4.28. The molecule has 1 N–H and O–H groups in total. The molecule has 0 radical (unpaired) electrons. The minimum absolute atomic E-state index is 0.0835. The zero-order valence-corrected chi connectivity index (χ0v) is 11.3. The number of aliphatic hydroxyl groups excluding tert-OH is 1. The van der Waals surface area contributed by atoms with Crippen LogP contribution in [0.5, 0.6) is 0 Å². The minimum atomic E-state index is -0.330. The third-order valence-electron chi connectivity index (χ3n) is 1.63. The SMILES string of the molecule is O=C(CBr)/C(=C\O)N=Nc1ccc(Br)cc1. The summed E-state index contributed by atoms with van der Waals surface area (Å²) in [5, 5.41) is 16.4. The number of Topliss-reactive ketones (excluding diaryl/α,β-unsaturated/α-hetero) is 1. The van der Waals surface area contributed by atoms with Crippen LogP contribution in [0.25, 0.3) is 0 Å². The zero-order valence-electron chi connectivity index (χ0n) is 8.10. The third-order valence-corrected chi connectivity index (χ3v) is 2.67. The van der Waals surface area contributed by atoms with Crippen LogP contribution < -0.4 is 0 Å². The number of alkyl halides is 1. The molecule has 0 fully saturated rings. The second-order valence-corrected chi connectivity index (χ2v) is 4.22. The van der Waals surface area contributed by atoms with Crippen LogP contribution in [0.4, 0.5) is 5.69 Å². The average molecular weight is 348 g/mol. The number of aliphatic hydroxyl groups is 1. The number of carbonyl (C=O) groups is 1. The van der Waals surface area contributed by atoms with Gasteiger partial charge in [-0.2, -0.15) is 5.11 Å². The lowest BCUT2D eigenvalue weighted by Gasteiger charge is -1.95. The molecular formula is C10H8Br2N2O2. The van der Waals surface area contributed by atoms with E-state index in [0.717, 1.165) is 4.47 Å². The smallest absolute Gasteiger partial charge is 0.196 e. The second-order valence-electron chi connectivity index (χ2n) is 2.75. The van der Waals surface area contributed by atoms with Gasteiger partial charge in [-0.1, -0.05) is 31.9 Å². The molecule has 0 aliphatic carbocycles. The summed E-state index contributed by atoms with van der Waals surface area (Å²) in [5.74, 6) is -0.330. The lowest BCUT2D eigenvalue weighted by molar-refractivity contribution is -0.113. The normalized spacial score (nSPS) is 12.0. The molecule has 0 spiro atoms. The number of rotatable bonds is 4. The van der Waals surface area contributed by atoms with E-state index in [1.807, 2.05) is 12.1 Å². The highest BCUT2D eigenvalue weighted by atomic mass is 79.9. The highest BCUT2D eigenvalue weighted by molar-refractivity contribution is 9.10. The molecule has 0 amide bonds. The van der Waals surface area contributed by atoms with E-state index in [9.17, 15) is 4.79 Å². The van der Waals surface area contributed by atoms with Crippen molar-refractivity contribution in [1.29, 1.82) is 0 Å². The Kier molecular flexibility index (Phi) is 5.34. The van der Waals surface area contributed by atoms with Crippen molar-refractivity contribution in [2.24, 2.45) is 10.2 Å². The number of azo groups is 1. The average Bonchev–Trinajstić information content (AvgIpc) is 2.31. The van der Waals surface area contributed by atoms with Crippen molar-refractivity contribution >= 4 is 43.3 Å². The van der Waals surface area contributed by atoms with E-state index in [1.54, 1.807) is 12.1 Å². The predicted molar refractivity (Wildman–Crippen MR) is 68.2 cm³/mol. The fraction of sp³-hybridized carbons (Fsp3) is 0.100. The number of hydrogen-bond acceptors (Lipinski definition) is 4. The van der Waals surface area contributed by atoms with Gasteiger partial charge in [0.25, 0.3) is 0 Å². The first-order valence-corrected chi connectivity index (χ1v) is 6.19. The molecule has 0 bridgehead atoms. The van der Waals surface area contributed by atoms with E-state index in [4.69, 9.17) is 5.11 Å².